The molecule has 0 N–H and O–H groups in total. The van der Waals surface area contributed by atoms with Crippen molar-refractivity contribution >= 4 is 17.9 Å². The minimum absolute atomic E-state index is 0.110. The molecule has 0 bridgehead atoms. The maximum absolute atomic E-state index is 13.1. The van der Waals surface area contributed by atoms with Gasteiger partial charge in [0.15, 0.2) is 6.29 Å². The lowest BCUT2D eigenvalue weighted by Gasteiger charge is -1.99. The molecule has 1 aromatic heterocycles. The van der Waals surface area contributed by atoms with E-state index in [1.165, 1.54) is 11.7 Å². The van der Waals surface area contributed by atoms with Gasteiger partial charge in [-0.3, -0.25) is 9.48 Å². The van der Waals surface area contributed by atoms with Crippen LogP contribution >= 0.6 is 11.6 Å². The highest BCUT2D eigenvalue weighted by molar-refractivity contribution is 6.32. The first-order valence-electron chi connectivity index (χ1n) is 4.67. The third-order valence-corrected chi connectivity index (χ3v) is 2.71. The van der Waals surface area contributed by atoms with Crippen LogP contribution in [0.2, 0.25) is 5.15 Å². The number of halogens is 3. The average Bonchev–Trinajstić information content (AvgIpc) is 2.54. The third kappa shape index (κ3) is 2.06. The molecule has 17 heavy (non-hydrogen) atoms. The highest BCUT2D eigenvalue weighted by Gasteiger charge is 2.16. The molecule has 0 aliphatic heterocycles. The summed E-state index contributed by atoms with van der Waals surface area (Å²) in [5, 5.41) is 4.08. The molecule has 2 rings (SSSR count). The Bertz CT molecular complexity index is 575. The van der Waals surface area contributed by atoms with Crippen LogP contribution in [0.25, 0.3) is 11.3 Å². The van der Waals surface area contributed by atoms with Crippen molar-refractivity contribution in [2.24, 2.45) is 7.05 Å². The summed E-state index contributed by atoms with van der Waals surface area (Å²) >= 11 is 5.83. The Morgan fingerprint density at radius 1 is 1.29 bits per heavy atom. The zero-order chi connectivity index (χ0) is 12.6. The van der Waals surface area contributed by atoms with E-state index in [1.807, 2.05) is 0 Å². The maximum atomic E-state index is 13.1. The molecule has 88 valence electrons. The topological polar surface area (TPSA) is 34.9 Å². The van der Waals surface area contributed by atoms with Crippen LogP contribution in [0, 0.1) is 11.6 Å². The van der Waals surface area contributed by atoms with Crippen molar-refractivity contribution in [3.05, 3.63) is 40.6 Å². The Morgan fingerprint density at radius 2 is 1.88 bits per heavy atom. The second kappa shape index (κ2) is 4.25. The van der Waals surface area contributed by atoms with Crippen LogP contribution in [0.3, 0.4) is 0 Å². The SMILES string of the molecule is Cn1nc(-c2cc(F)cc(F)c2)c(C=O)c1Cl. The van der Waals surface area contributed by atoms with Gasteiger partial charge in [-0.25, -0.2) is 8.78 Å². The molecule has 1 heterocycles. The second-order valence-electron chi connectivity index (χ2n) is 3.45. The van der Waals surface area contributed by atoms with Crippen LogP contribution in [0.1, 0.15) is 10.4 Å². The van der Waals surface area contributed by atoms with E-state index in [4.69, 9.17) is 11.6 Å². The minimum Gasteiger partial charge on any atom is -0.298 e. The number of benzene rings is 1. The molecule has 0 saturated heterocycles. The quantitative estimate of drug-likeness (QED) is 0.775. The summed E-state index contributed by atoms with van der Waals surface area (Å²) in [4.78, 5) is 10.9. The van der Waals surface area contributed by atoms with E-state index in [9.17, 15) is 13.6 Å². The van der Waals surface area contributed by atoms with Crippen molar-refractivity contribution in [1.82, 2.24) is 9.78 Å². The lowest BCUT2D eigenvalue weighted by atomic mass is 10.1. The molecule has 0 fully saturated rings. The van der Waals surface area contributed by atoms with Gasteiger partial charge in [-0.05, 0) is 12.1 Å². The lowest BCUT2D eigenvalue weighted by molar-refractivity contribution is 0.112. The monoisotopic (exact) mass is 256 g/mol. The molecular formula is C11H7ClF2N2O. The molecule has 0 aliphatic rings. The van der Waals surface area contributed by atoms with Gasteiger partial charge in [-0.15, -0.1) is 0 Å². The van der Waals surface area contributed by atoms with Crippen LogP contribution < -0.4 is 0 Å². The van der Waals surface area contributed by atoms with Gasteiger partial charge in [0.2, 0.25) is 0 Å². The van der Waals surface area contributed by atoms with E-state index in [0.717, 1.165) is 18.2 Å². The van der Waals surface area contributed by atoms with Crippen molar-refractivity contribution in [2.75, 3.05) is 0 Å². The smallest absolute Gasteiger partial charge is 0.155 e. The molecule has 6 heteroatoms. The van der Waals surface area contributed by atoms with Gasteiger partial charge in [0.1, 0.15) is 22.5 Å². The van der Waals surface area contributed by atoms with E-state index in [2.05, 4.69) is 5.10 Å². The molecule has 0 amide bonds. The fourth-order valence-electron chi connectivity index (χ4n) is 1.53. The van der Waals surface area contributed by atoms with E-state index in [0.29, 0.717) is 6.29 Å². The zero-order valence-electron chi connectivity index (χ0n) is 8.75. The zero-order valence-corrected chi connectivity index (χ0v) is 9.50. The molecule has 0 atom stereocenters. The Labute approximate surface area is 101 Å². The molecule has 0 spiro atoms. The van der Waals surface area contributed by atoms with Crippen LogP contribution in [0.5, 0.6) is 0 Å². The van der Waals surface area contributed by atoms with Crippen LogP contribution in [-0.2, 0) is 7.05 Å². The molecule has 1 aromatic carbocycles. The van der Waals surface area contributed by atoms with Crippen LogP contribution in [0.15, 0.2) is 18.2 Å². The fraction of sp³-hybridized carbons (Fsp3) is 0.0909. The first kappa shape index (κ1) is 11.7. The van der Waals surface area contributed by atoms with Gasteiger partial charge in [-0.1, -0.05) is 11.6 Å². The summed E-state index contributed by atoms with van der Waals surface area (Å²) in [5.74, 6) is -1.47. The Balaban J connectivity index is 2.67. The predicted octanol–water partition coefficient (Wildman–Crippen LogP) is 2.83. The van der Waals surface area contributed by atoms with E-state index >= 15 is 0 Å². The number of carbonyl (C=O) groups excluding carboxylic acids is 1. The number of aromatic nitrogens is 2. The standard InChI is InChI=1S/C11H7ClF2N2O/c1-16-11(12)9(5-17)10(15-16)6-2-7(13)4-8(14)3-6/h2-5H,1H3. The number of rotatable bonds is 2. The Kier molecular flexibility index (Phi) is 2.93. The Morgan fingerprint density at radius 3 is 2.41 bits per heavy atom. The second-order valence-corrected chi connectivity index (χ2v) is 3.81. The number of aldehydes is 1. The number of nitrogens with zero attached hydrogens (tertiary/aromatic N) is 2. The van der Waals surface area contributed by atoms with Gasteiger partial charge in [0, 0.05) is 18.7 Å². The Hall–Kier alpha value is -1.75. The summed E-state index contributed by atoms with van der Waals surface area (Å²) in [7, 11) is 1.54. The molecule has 0 unspecified atom stereocenters. The first-order valence-corrected chi connectivity index (χ1v) is 5.05. The van der Waals surface area contributed by atoms with Crippen molar-refractivity contribution in [3.63, 3.8) is 0 Å². The highest BCUT2D eigenvalue weighted by atomic mass is 35.5. The predicted molar refractivity (Wildman–Crippen MR) is 59.0 cm³/mol. The average molecular weight is 257 g/mol. The van der Waals surface area contributed by atoms with Gasteiger partial charge >= 0.3 is 0 Å². The fourth-order valence-corrected chi connectivity index (χ4v) is 1.70. The van der Waals surface area contributed by atoms with Crippen molar-refractivity contribution in [3.8, 4) is 11.3 Å². The third-order valence-electron chi connectivity index (χ3n) is 2.27. The van der Waals surface area contributed by atoms with Gasteiger partial charge in [-0.2, -0.15) is 5.10 Å². The number of aryl methyl sites for hydroxylation is 1. The minimum atomic E-state index is -0.737. The lowest BCUT2D eigenvalue weighted by Crippen LogP contribution is -1.90. The molecule has 0 radical (unpaired) electrons. The molecular weight excluding hydrogens is 250 g/mol. The van der Waals surface area contributed by atoms with Crippen molar-refractivity contribution in [2.45, 2.75) is 0 Å². The number of hydrogen-bond acceptors (Lipinski definition) is 2. The molecule has 3 nitrogen and oxygen atoms in total. The summed E-state index contributed by atoms with van der Waals surface area (Å²) < 4.78 is 27.4. The molecule has 0 saturated carbocycles. The summed E-state index contributed by atoms with van der Waals surface area (Å²) in [5.41, 5.74) is 0.442. The van der Waals surface area contributed by atoms with E-state index < -0.39 is 11.6 Å². The van der Waals surface area contributed by atoms with E-state index in [1.54, 1.807) is 0 Å². The normalized spacial score (nSPS) is 10.6. The van der Waals surface area contributed by atoms with Gasteiger partial charge in [0.25, 0.3) is 0 Å². The van der Waals surface area contributed by atoms with Gasteiger partial charge in [0.05, 0.1) is 5.56 Å². The van der Waals surface area contributed by atoms with Crippen molar-refractivity contribution < 1.29 is 13.6 Å². The molecule has 0 aliphatic carbocycles. The summed E-state index contributed by atoms with van der Waals surface area (Å²) in [6, 6.07) is 2.93. The first-order chi connectivity index (χ1) is 8.02. The van der Waals surface area contributed by atoms with Crippen LogP contribution in [0.4, 0.5) is 8.78 Å². The van der Waals surface area contributed by atoms with Crippen molar-refractivity contribution in [1.29, 1.82) is 0 Å². The largest absolute Gasteiger partial charge is 0.298 e. The van der Waals surface area contributed by atoms with Crippen LogP contribution in [-0.4, -0.2) is 16.1 Å². The highest BCUT2D eigenvalue weighted by Crippen LogP contribution is 2.27. The number of carbonyl (C=O) groups is 1. The maximum Gasteiger partial charge on any atom is 0.155 e. The summed E-state index contributed by atoms with van der Waals surface area (Å²) in [6.45, 7) is 0. The van der Waals surface area contributed by atoms with Gasteiger partial charge < -0.3 is 0 Å². The van der Waals surface area contributed by atoms with E-state index in [-0.39, 0.29) is 22.0 Å². The summed E-state index contributed by atoms with van der Waals surface area (Å²) in [6.07, 6.45) is 0.507. The molecule has 2 aromatic rings. The number of hydrogen-bond donors (Lipinski definition) is 0.